The van der Waals surface area contributed by atoms with E-state index in [1.165, 1.54) is 12.8 Å². The SMILES string of the molecule is Nc1cc(Cl)c2ncn(C[C@H]3CCCC(CN(CC4(c5nc(C6CCCC6)no5)CCOCC4)C(=O)O)C3)c2c1. The zero-order valence-electron chi connectivity index (χ0n) is 22.9. The molecule has 2 aromatic heterocycles. The van der Waals surface area contributed by atoms with Crippen LogP contribution in [-0.2, 0) is 16.7 Å². The van der Waals surface area contributed by atoms with Gasteiger partial charge in [-0.2, -0.15) is 4.98 Å². The van der Waals surface area contributed by atoms with Crippen molar-refractivity contribution in [3.8, 4) is 0 Å². The molecule has 3 aliphatic rings. The first-order valence-corrected chi connectivity index (χ1v) is 15.1. The molecule has 10 nitrogen and oxygen atoms in total. The number of carboxylic acid groups (broad SMARTS) is 1. The van der Waals surface area contributed by atoms with Gasteiger partial charge in [-0.05, 0) is 68.9 Å². The molecule has 216 valence electrons. The Morgan fingerprint density at radius 3 is 2.70 bits per heavy atom. The second kappa shape index (κ2) is 11.6. The van der Waals surface area contributed by atoms with Crippen LogP contribution in [0.15, 0.2) is 23.0 Å². The quantitative estimate of drug-likeness (QED) is 0.322. The molecule has 3 heterocycles. The van der Waals surface area contributed by atoms with Crippen LogP contribution in [0.1, 0.15) is 81.8 Å². The monoisotopic (exact) mass is 570 g/mol. The highest BCUT2D eigenvalue weighted by atomic mass is 35.5. The summed E-state index contributed by atoms with van der Waals surface area (Å²) in [6.45, 7) is 2.79. The minimum atomic E-state index is -0.894. The van der Waals surface area contributed by atoms with E-state index in [0.717, 1.165) is 61.9 Å². The lowest BCUT2D eigenvalue weighted by atomic mass is 9.78. The molecule has 0 radical (unpaired) electrons. The van der Waals surface area contributed by atoms with Crippen molar-refractivity contribution < 1.29 is 19.2 Å². The van der Waals surface area contributed by atoms with Crippen molar-refractivity contribution in [2.24, 2.45) is 11.8 Å². The first-order chi connectivity index (χ1) is 19.4. The number of nitrogens with two attached hydrogens (primary N) is 1. The maximum Gasteiger partial charge on any atom is 0.407 e. The lowest BCUT2D eigenvalue weighted by Crippen LogP contribution is -2.48. The van der Waals surface area contributed by atoms with E-state index < -0.39 is 11.5 Å². The van der Waals surface area contributed by atoms with Crippen LogP contribution in [0.2, 0.25) is 5.02 Å². The van der Waals surface area contributed by atoms with Crippen LogP contribution in [0.5, 0.6) is 0 Å². The van der Waals surface area contributed by atoms with Gasteiger partial charge in [-0.15, -0.1) is 0 Å². The molecule has 40 heavy (non-hydrogen) atoms. The number of aromatic nitrogens is 4. The molecule has 1 aliphatic heterocycles. The molecule has 3 aromatic rings. The van der Waals surface area contributed by atoms with Crippen molar-refractivity contribution >= 4 is 34.4 Å². The Morgan fingerprint density at radius 1 is 1.15 bits per heavy atom. The Kier molecular flexibility index (Phi) is 7.90. The summed E-state index contributed by atoms with van der Waals surface area (Å²) in [7, 11) is 0. The number of imidazole rings is 1. The van der Waals surface area contributed by atoms with E-state index >= 15 is 0 Å². The largest absolute Gasteiger partial charge is 0.465 e. The molecule has 2 saturated carbocycles. The van der Waals surface area contributed by atoms with Crippen LogP contribution in [-0.4, -0.2) is 62.1 Å². The fourth-order valence-corrected chi connectivity index (χ4v) is 7.46. The van der Waals surface area contributed by atoms with E-state index in [1.54, 1.807) is 11.0 Å². The third-order valence-electron chi connectivity index (χ3n) is 9.36. The zero-order chi connectivity index (χ0) is 27.7. The second-order valence-electron chi connectivity index (χ2n) is 12.2. The average molecular weight is 571 g/mol. The van der Waals surface area contributed by atoms with Crippen molar-refractivity contribution in [1.29, 1.82) is 0 Å². The maximum absolute atomic E-state index is 12.6. The summed E-state index contributed by atoms with van der Waals surface area (Å²) >= 11 is 6.36. The number of hydrogen-bond donors (Lipinski definition) is 2. The Morgan fingerprint density at radius 2 is 1.93 bits per heavy atom. The van der Waals surface area contributed by atoms with Gasteiger partial charge in [0.1, 0.15) is 5.52 Å². The molecule has 2 atom stereocenters. The van der Waals surface area contributed by atoms with Gasteiger partial charge in [0.25, 0.3) is 0 Å². The van der Waals surface area contributed by atoms with E-state index in [9.17, 15) is 9.90 Å². The van der Waals surface area contributed by atoms with Crippen LogP contribution in [0.3, 0.4) is 0 Å². The number of benzene rings is 1. The van der Waals surface area contributed by atoms with Gasteiger partial charge in [-0.25, -0.2) is 9.78 Å². The van der Waals surface area contributed by atoms with Gasteiger partial charge in [-0.1, -0.05) is 36.0 Å². The van der Waals surface area contributed by atoms with Gasteiger partial charge >= 0.3 is 6.09 Å². The fraction of sp³-hybridized carbons (Fsp3) is 0.655. The number of anilines is 1. The Balaban J connectivity index is 1.15. The third kappa shape index (κ3) is 5.65. The first-order valence-electron chi connectivity index (χ1n) is 14.7. The summed E-state index contributed by atoms with van der Waals surface area (Å²) in [6.07, 6.45) is 11.0. The number of carbonyl (C=O) groups is 1. The van der Waals surface area contributed by atoms with Crippen molar-refractivity contribution in [2.75, 3.05) is 32.0 Å². The highest BCUT2D eigenvalue weighted by molar-refractivity contribution is 6.35. The predicted octanol–water partition coefficient (Wildman–Crippen LogP) is 5.85. The molecule has 2 aliphatic carbocycles. The van der Waals surface area contributed by atoms with E-state index in [2.05, 4.69) is 14.7 Å². The maximum atomic E-state index is 12.6. The van der Waals surface area contributed by atoms with E-state index in [4.69, 9.17) is 31.6 Å². The number of nitrogens with zero attached hydrogens (tertiary/aromatic N) is 5. The molecule has 0 spiro atoms. The van der Waals surface area contributed by atoms with Crippen LogP contribution in [0.25, 0.3) is 11.0 Å². The Labute approximate surface area is 239 Å². The van der Waals surface area contributed by atoms with Crippen LogP contribution in [0.4, 0.5) is 10.5 Å². The predicted molar refractivity (Wildman–Crippen MR) is 151 cm³/mol. The third-order valence-corrected chi connectivity index (χ3v) is 9.64. The van der Waals surface area contributed by atoms with Crippen molar-refractivity contribution in [1.82, 2.24) is 24.6 Å². The van der Waals surface area contributed by atoms with Gasteiger partial charge in [-0.3, -0.25) is 0 Å². The molecule has 1 amide bonds. The molecule has 11 heteroatoms. The second-order valence-corrected chi connectivity index (χ2v) is 12.6. The van der Waals surface area contributed by atoms with Gasteiger partial charge in [0, 0.05) is 44.5 Å². The van der Waals surface area contributed by atoms with E-state index in [-0.39, 0.29) is 5.92 Å². The van der Waals surface area contributed by atoms with Gasteiger partial charge in [0.2, 0.25) is 5.89 Å². The summed E-state index contributed by atoms with van der Waals surface area (Å²) < 4.78 is 13.7. The highest BCUT2D eigenvalue weighted by Crippen LogP contribution is 2.39. The van der Waals surface area contributed by atoms with Crippen molar-refractivity contribution in [3.05, 3.63) is 35.2 Å². The van der Waals surface area contributed by atoms with Crippen LogP contribution < -0.4 is 5.73 Å². The fourth-order valence-electron chi connectivity index (χ4n) is 7.19. The Hall–Kier alpha value is -2.85. The number of hydrogen-bond acceptors (Lipinski definition) is 7. The summed E-state index contributed by atoms with van der Waals surface area (Å²) in [6, 6.07) is 3.65. The van der Waals surface area contributed by atoms with Gasteiger partial charge in [0.05, 0.1) is 22.3 Å². The number of halogens is 1. The van der Waals surface area contributed by atoms with Crippen LogP contribution >= 0.6 is 11.6 Å². The smallest absolute Gasteiger partial charge is 0.407 e. The summed E-state index contributed by atoms with van der Waals surface area (Å²) in [5.41, 5.74) is 7.86. The van der Waals surface area contributed by atoms with E-state index in [1.807, 2.05) is 12.4 Å². The number of ether oxygens (including phenoxy) is 1. The molecule has 0 bridgehead atoms. The summed E-state index contributed by atoms with van der Waals surface area (Å²) in [4.78, 5) is 23.5. The minimum Gasteiger partial charge on any atom is -0.465 e. The topological polar surface area (TPSA) is 133 Å². The van der Waals surface area contributed by atoms with Crippen molar-refractivity contribution in [2.45, 2.75) is 82.1 Å². The normalized spacial score (nSPS) is 23.5. The van der Waals surface area contributed by atoms with E-state index in [0.29, 0.717) is 67.6 Å². The standard InChI is InChI=1S/C29H39ClN6O4/c30-23-13-22(31)14-24-25(23)32-18-36(24)16-20-5-3-4-19(12-20)15-35(28(37)38)17-29(8-10-39-11-9-29)27-33-26(34-40-27)21-6-1-2-7-21/h13-14,18-21H,1-12,15-17,31H2,(H,37,38)/t19?,20-/m0/s1. The molecule has 1 saturated heterocycles. The van der Waals surface area contributed by atoms with Crippen LogP contribution in [0, 0.1) is 11.8 Å². The molecular formula is C29H39ClN6O4. The molecular weight excluding hydrogens is 532 g/mol. The lowest BCUT2D eigenvalue weighted by Gasteiger charge is -2.39. The van der Waals surface area contributed by atoms with Gasteiger partial charge < -0.3 is 29.6 Å². The first kappa shape index (κ1) is 27.3. The average Bonchev–Trinajstić information content (AvgIpc) is 3.71. The molecule has 1 aromatic carbocycles. The summed E-state index contributed by atoms with van der Waals surface area (Å²) in [5, 5.41) is 15.2. The molecule has 3 fully saturated rings. The van der Waals surface area contributed by atoms with Crippen molar-refractivity contribution in [3.63, 3.8) is 0 Å². The molecule has 1 unspecified atom stereocenters. The van der Waals surface area contributed by atoms with Gasteiger partial charge in [0.15, 0.2) is 5.82 Å². The highest BCUT2D eigenvalue weighted by Gasteiger charge is 2.43. The number of fused-ring (bicyclic) bond motifs is 1. The zero-order valence-corrected chi connectivity index (χ0v) is 23.7. The number of amides is 1. The lowest BCUT2D eigenvalue weighted by molar-refractivity contribution is 0.0180. The number of nitrogen functional groups attached to an aromatic ring is 1. The number of rotatable bonds is 8. The Bertz CT molecular complexity index is 1330. The minimum absolute atomic E-state index is 0.284. The molecule has 6 rings (SSSR count). The summed E-state index contributed by atoms with van der Waals surface area (Å²) in [5.74, 6) is 2.42. The molecule has 3 N–H and O–H groups in total.